The lowest BCUT2D eigenvalue weighted by Crippen LogP contribution is -2.45. The Morgan fingerprint density at radius 2 is 1.93 bits per heavy atom. The first-order valence-corrected chi connectivity index (χ1v) is 11.7. The lowest BCUT2D eigenvalue weighted by atomic mass is 10.1. The van der Waals surface area contributed by atoms with Crippen molar-refractivity contribution in [2.75, 3.05) is 6.54 Å². The minimum atomic E-state index is -3.85. The summed E-state index contributed by atoms with van der Waals surface area (Å²) in [5, 5.41) is 10.8. The van der Waals surface area contributed by atoms with Crippen LogP contribution in [-0.2, 0) is 19.4 Å². The average molecular weight is 452 g/mol. The van der Waals surface area contributed by atoms with Crippen molar-refractivity contribution in [3.63, 3.8) is 0 Å². The number of sulfone groups is 1. The van der Waals surface area contributed by atoms with E-state index in [2.05, 4.69) is 5.32 Å². The van der Waals surface area contributed by atoms with Crippen LogP contribution in [0.15, 0.2) is 29.2 Å². The number of hydrogen-bond acceptors (Lipinski definition) is 6. The van der Waals surface area contributed by atoms with Gasteiger partial charge in [0.2, 0.25) is 5.91 Å². The number of rotatable bonds is 5. The monoisotopic (exact) mass is 451 g/mol. The number of nitriles is 1. The maximum Gasteiger partial charge on any atom is 0.410 e. The van der Waals surface area contributed by atoms with Crippen LogP contribution in [0.1, 0.15) is 39.0 Å². The first-order chi connectivity index (χ1) is 14.1. The van der Waals surface area contributed by atoms with Gasteiger partial charge >= 0.3 is 6.09 Å². The van der Waals surface area contributed by atoms with Crippen LogP contribution in [0, 0.1) is 16.7 Å². The lowest BCUT2D eigenvalue weighted by Gasteiger charge is -2.27. The van der Waals surface area contributed by atoms with Crippen molar-refractivity contribution in [1.29, 1.82) is 5.26 Å². The third kappa shape index (κ3) is 3.74. The van der Waals surface area contributed by atoms with Crippen molar-refractivity contribution in [2.24, 2.45) is 5.41 Å². The molecule has 10 heteroatoms. The number of hydrogen-bond donors (Lipinski definition) is 1. The number of nitrogens with one attached hydrogen (secondary N) is 1. The second-order valence-electron chi connectivity index (χ2n) is 8.53. The Kier molecular flexibility index (Phi) is 4.98. The number of nitrogens with zero attached hydrogens (tertiary/aromatic N) is 2. The maximum atomic E-state index is 13.2. The predicted molar refractivity (Wildman–Crippen MR) is 107 cm³/mol. The SMILES string of the molecule is CC1(C(=O)N2C[C@H](S(=O)(=O)c3ccccc3Cl)C[C@@H]2OC(=O)NC2(C#N)CC2)CC1. The molecule has 2 atom stereocenters. The van der Waals surface area contributed by atoms with Gasteiger partial charge in [-0.15, -0.1) is 0 Å². The second-order valence-corrected chi connectivity index (χ2v) is 11.1. The molecule has 2 saturated carbocycles. The normalized spacial score (nSPS) is 25.8. The molecular formula is C20H22ClN3O5S. The first kappa shape index (κ1) is 20.9. The minimum absolute atomic E-state index is 0.00628. The molecule has 0 spiro atoms. The molecule has 4 rings (SSSR count). The maximum absolute atomic E-state index is 13.2. The van der Waals surface area contributed by atoms with Crippen LogP contribution in [0.4, 0.5) is 4.79 Å². The quantitative estimate of drug-likeness (QED) is 0.735. The van der Waals surface area contributed by atoms with Crippen molar-refractivity contribution in [3.8, 4) is 6.07 Å². The van der Waals surface area contributed by atoms with Crippen LogP contribution in [0.5, 0.6) is 0 Å². The van der Waals surface area contributed by atoms with E-state index in [1.807, 2.05) is 13.0 Å². The Bertz CT molecular complexity index is 1040. The topological polar surface area (TPSA) is 117 Å². The van der Waals surface area contributed by atoms with Gasteiger partial charge in [-0.2, -0.15) is 5.26 Å². The third-order valence-electron chi connectivity index (χ3n) is 6.12. The van der Waals surface area contributed by atoms with Gasteiger partial charge in [0.05, 0.1) is 21.2 Å². The number of alkyl carbamates (subject to hydrolysis) is 1. The van der Waals surface area contributed by atoms with Gasteiger partial charge in [0.1, 0.15) is 5.54 Å². The number of carbonyl (C=O) groups excluding carboxylic acids is 2. The summed E-state index contributed by atoms with van der Waals surface area (Å²) in [6.07, 6.45) is 0.588. The fourth-order valence-corrected chi connectivity index (χ4v) is 5.86. The number of amides is 2. The molecule has 0 radical (unpaired) electrons. The van der Waals surface area contributed by atoms with E-state index in [9.17, 15) is 18.0 Å². The van der Waals surface area contributed by atoms with E-state index < -0.39 is 38.4 Å². The van der Waals surface area contributed by atoms with Crippen molar-refractivity contribution >= 4 is 33.4 Å². The summed E-state index contributed by atoms with van der Waals surface area (Å²) in [5.41, 5.74) is -1.47. The molecule has 3 aliphatic rings. The lowest BCUT2D eigenvalue weighted by molar-refractivity contribution is -0.143. The summed E-state index contributed by atoms with van der Waals surface area (Å²) in [7, 11) is -3.85. The smallest absolute Gasteiger partial charge is 0.410 e. The van der Waals surface area contributed by atoms with Crippen molar-refractivity contribution < 1.29 is 22.7 Å². The van der Waals surface area contributed by atoms with Gasteiger partial charge < -0.3 is 15.0 Å². The average Bonchev–Trinajstić information content (AvgIpc) is 3.60. The molecule has 160 valence electrons. The second kappa shape index (κ2) is 7.13. The molecule has 1 N–H and O–H groups in total. The zero-order valence-electron chi connectivity index (χ0n) is 16.4. The molecule has 30 heavy (non-hydrogen) atoms. The largest absolute Gasteiger partial charge is 0.425 e. The Labute approximate surface area is 180 Å². The molecule has 3 fully saturated rings. The molecule has 2 amide bonds. The number of likely N-dealkylation sites (tertiary alicyclic amines) is 1. The van der Waals surface area contributed by atoms with E-state index in [0.717, 1.165) is 0 Å². The van der Waals surface area contributed by atoms with Crippen LogP contribution in [0.25, 0.3) is 0 Å². The summed E-state index contributed by atoms with van der Waals surface area (Å²) in [6.45, 7) is 1.74. The van der Waals surface area contributed by atoms with Gasteiger partial charge in [0, 0.05) is 18.4 Å². The fraction of sp³-hybridized carbons (Fsp3) is 0.550. The Balaban J connectivity index is 1.56. The summed E-state index contributed by atoms with van der Waals surface area (Å²) in [5.74, 6) is -0.224. The third-order valence-corrected chi connectivity index (χ3v) is 8.75. The Morgan fingerprint density at radius 3 is 2.50 bits per heavy atom. The van der Waals surface area contributed by atoms with Gasteiger partial charge in [0.25, 0.3) is 0 Å². The zero-order chi connectivity index (χ0) is 21.7. The molecular weight excluding hydrogens is 430 g/mol. The van der Waals surface area contributed by atoms with Crippen molar-refractivity contribution in [1.82, 2.24) is 10.2 Å². The number of benzene rings is 1. The molecule has 1 saturated heterocycles. The zero-order valence-corrected chi connectivity index (χ0v) is 18.0. The summed E-state index contributed by atoms with van der Waals surface area (Å²) in [6, 6.07) is 8.18. The minimum Gasteiger partial charge on any atom is -0.425 e. The summed E-state index contributed by atoms with van der Waals surface area (Å²) >= 11 is 6.10. The van der Waals surface area contributed by atoms with E-state index in [-0.39, 0.29) is 28.8 Å². The highest BCUT2D eigenvalue weighted by Gasteiger charge is 2.53. The summed E-state index contributed by atoms with van der Waals surface area (Å²) in [4.78, 5) is 26.7. The molecule has 1 aliphatic heterocycles. The van der Waals surface area contributed by atoms with Gasteiger partial charge in [-0.3, -0.25) is 4.79 Å². The molecule has 8 nitrogen and oxygen atoms in total. The standard InChI is InChI=1S/C20H22ClN3O5S/c1-19(6-7-19)17(25)24-11-13(30(27,28)15-5-3-2-4-14(15)21)10-16(24)29-18(26)23-20(12-22)8-9-20/h2-5,13,16H,6-11H2,1H3,(H,23,26)/t13-,16+/m1/s1. The molecule has 0 unspecified atom stereocenters. The van der Waals surface area contributed by atoms with Crippen LogP contribution >= 0.6 is 11.6 Å². The highest BCUT2D eigenvalue weighted by molar-refractivity contribution is 7.92. The fourth-order valence-electron chi connectivity index (χ4n) is 3.66. The molecule has 0 aromatic heterocycles. The van der Waals surface area contributed by atoms with E-state index in [1.165, 1.54) is 17.0 Å². The van der Waals surface area contributed by atoms with Crippen molar-refractivity contribution in [2.45, 2.75) is 60.9 Å². The van der Waals surface area contributed by atoms with Crippen LogP contribution in [0.3, 0.4) is 0 Å². The number of halogens is 1. The number of ether oxygens (including phenoxy) is 1. The van der Waals surface area contributed by atoms with Gasteiger partial charge in [-0.05, 0) is 37.8 Å². The van der Waals surface area contributed by atoms with E-state index >= 15 is 0 Å². The van der Waals surface area contributed by atoms with E-state index in [0.29, 0.717) is 25.7 Å². The highest BCUT2D eigenvalue weighted by atomic mass is 35.5. The Hall–Kier alpha value is -2.31. The van der Waals surface area contributed by atoms with Crippen LogP contribution in [0.2, 0.25) is 5.02 Å². The molecule has 0 bridgehead atoms. The molecule has 2 aliphatic carbocycles. The highest BCUT2D eigenvalue weighted by Crippen LogP contribution is 2.48. The molecule has 1 heterocycles. The first-order valence-electron chi connectivity index (χ1n) is 9.80. The van der Waals surface area contributed by atoms with Gasteiger partial charge in [0.15, 0.2) is 16.1 Å². The van der Waals surface area contributed by atoms with Crippen LogP contribution in [-0.4, -0.2) is 48.9 Å². The Morgan fingerprint density at radius 1 is 1.27 bits per heavy atom. The van der Waals surface area contributed by atoms with E-state index in [4.69, 9.17) is 21.6 Å². The van der Waals surface area contributed by atoms with Gasteiger partial charge in [-0.1, -0.05) is 30.7 Å². The van der Waals surface area contributed by atoms with Crippen LogP contribution < -0.4 is 5.32 Å². The molecule has 1 aromatic rings. The predicted octanol–water partition coefficient (Wildman–Crippen LogP) is 2.62. The van der Waals surface area contributed by atoms with Gasteiger partial charge in [-0.25, -0.2) is 13.2 Å². The van der Waals surface area contributed by atoms with E-state index in [1.54, 1.807) is 12.1 Å². The van der Waals surface area contributed by atoms with Crippen molar-refractivity contribution in [3.05, 3.63) is 29.3 Å². The number of carbonyl (C=O) groups is 2. The summed E-state index contributed by atoms with van der Waals surface area (Å²) < 4.78 is 31.8. The molecule has 1 aromatic carbocycles.